The Morgan fingerprint density at radius 1 is 1.17 bits per heavy atom. The number of aryl methyl sites for hydroxylation is 1. The highest BCUT2D eigenvalue weighted by molar-refractivity contribution is 5.83. The molecule has 124 valence electrons. The standard InChI is InChI=1S/C20H22N2O2/c1-14-10-18(24-21-14)12-22-9-8-19(20(23)13-22)17-7-6-15-4-2-3-5-16(15)11-17/h2-7,10-11,19-20,23H,8-9,12-13H2,1H3/t19-,20+/m0/s1. The van der Waals surface area contributed by atoms with Crippen LogP contribution >= 0.6 is 0 Å². The van der Waals surface area contributed by atoms with Crippen molar-refractivity contribution in [3.05, 3.63) is 65.5 Å². The van der Waals surface area contributed by atoms with Crippen molar-refractivity contribution >= 4 is 10.8 Å². The van der Waals surface area contributed by atoms with E-state index in [0.717, 1.165) is 24.4 Å². The number of rotatable bonds is 3. The number of likely N-dealkylation sites (tertiary alicyclic amines) is 1. The molecule has 1 aliphatic rings. The number of aliphatic hydroxyl groups excluding tert-OH is 1. The second kappa shape index (κ2) is 6.38. The third-order valence-electron chi connectivity index (χ3n) is 4.92. The molecule has 4 heteroatoms. The summed E-state index contributed by atoms with van der Waals surface area (Å²) in [5, 5.41) is 17.1. The van der Waals surface area contributed by atoms with Crippen LogP contribution in [0.25, 0.3) is 10.8 Å². The molecule has 2 heterocycles. The zero-order valence-corrected chi connectivity index (χ0v) is 13.9. The van der Waals surface area contributed by atoms with Crippen LogP contribution < -0.4 is 0 Å². The van der Waals surface area contributed by atoms with Crippen molar-refractivity contribution in [3.63, 3.8) is 0 Å². The Bertz CT molecular complexity index is 842. The molecule has 4 rings (SSSR count). The molecule has 1 aromatic heterocycles. The third kappa shape index (κ3) is 3.07. The van der Waals surface area contributed by atoms with Crippen LogP contribution in [0.3, 0.4) is 0 Å². The van der Waals surface area contributed by atoms with E-state index in [1.165, 1.54) is 16.3 Å². The maximum absolute atomic E-state index is 10.7. The van der Waals surface area contributed by atoms with E-state index in [1.807, 2.05) is 13.0 Å². The highest BCUT2D eigenvalue weighted by atomic mass is 16.5. The number of hydrogen-bond acceptors (Lipinski definition) is 4. The van der Waals surface area contributed by atoms with Gasteiger partial charge in [0.1, 0.15) is 0 Å². The Morgan fingerprint density at radius 2 is 2.00 bits per heavy atom. The lowest BCUT2D eigenvalue weighted by atomic mass is 9.86. The van der Waals surface area contributed by atoms with Gasteiger partial charge in [0.2, 0.25) is 0 Å². The molecule has 0 unspecified atom stereocenters. The number of hydrogen-bond donors (Lipinski definition) is 1. The van der Waals surface area contributed by atoms with E-state index in [1.54, 1.807) is 0 Å². The van der Waals surface area contributed by atoms with E-state index in [2.05, 4.69) is 52.5 Å². The van der Waals surface area contributed by atoms with E-state index in [4.69, 9.17) is 4.52 Å². The molecule has 1 saturated heterocycles. The van der Waals surface area contributed by atoms with Crippen LogP contribution in [0.5, 0.6) is 0 Å². The molecule has 0 saturated carbocycles. The maximum atomic E-state index is 10.7. The lowest BCUT2D eigenvalue weighted by Gasteiger charge is -2.35. The van der Waals surface area contributed by atoms with Crippen molar-refractivity contribution in [3.8, 4) is 0 Å². The first-order chi connectivity index (χ1) is 11.7. The first-order valence-electron chi connectivity index (χ1n) is 8.50. The van der Waals surface area contributed by atoms with Crippen LogP contribution in [-0.4, -0.2) is 34.4 Å². The number of nitrogens with zero attached hydrogens (tertiary/aromatic N) is 2. The Morgan fingerprint density at radius 3 is 2.75 bits per heavy atom. The zero-order valence-electron chi connectivity index (χ0n) is 13.9. The van der Waals surface area contributed by atoms with Crippen LogP contribution in [-0.2, 0) is 6.54 Å². The van der Waals surface area contributed by atoms with Gasteiger partial charge in [0, 0.05) is 18.5 Å². The normalized spacial score (nSPS) is 22.1. The van der Waals surface area contributed by atoms with Crippen molar-refractivity contribution in [2.45, 2.75) is 31.9 Å². The topological polar surface area (TPSA) is 49.5 Å². The lowest BCUT2D eigenvalue weighted by Crippen LogP contribution is -2.42. The number of β-amino-alcohol motifs (C(OH)–C–C–N with tert-alkyl or cyclic N) is 1. The fourth-order valence-electron chi connectivity index (χ4n) is 3.68. The third-order valence-corrected chi connectivity index (χ3v) is 4.92. The van der Waals surface area contributed by atoms with E-state index >= 15 is 0 Å². The largest absolute Gasteiger partial charge is 0.391 e. The van der Waals surface area contributed by atoms with Crippen LogP contribution in [0.2, 0.25) is 0 Å². The predicted molar refractivity (Wildman–Crippen MR) is 93.8 cm³/mol. The van der Waals surface area contributed by atoms with Gasteiger partial charge in [-0.2, -0.15) is 0 Å². The summed E-state index contributed by atoms with van der Waals surface area (Å²) in [6.45, 7) is 4.25. The molecule has 2 aromatic carbocycles. The van der Waals surface area contributed by atoms with Crippen molar-refractivity contribution in [2.75, 3.05) is 13.1 Å². The number of aromatic nitrogens is 1. The quantitative estimate of drug-likeness (QED) is 0.802. The molecule has 2 atom stereocenters. The number of aliphatic hydroxyl groups is 1. The van der Waals surface area contributed by atoms with Crippen LogP contribution in [0.1, 0.15) is 29.4 Å². The van der Waals surface area contributed by atoms with E-state index in [9.17, 15) is 5.11 Å². The summed E-state index contributed by atoms with van der Waals surface area (Å²) in [7, 11) is 0. The average molecular weight is 322 g/mol. The van der Waals surface area contributed by atoms with Gasteiger partial charge in [-0.05, 0) is 36.2 Å². The van der Waals surface area contributed by atoms with Crippen molar-refractivity contribution in [2.24, 2.45) is 0 Å². The fraction of sp³-hybridized carbons (Fsp3) is 0.350. The van der Waals surface area contributed by atoms with Crippen LogP contribution in [0, 0.1) is 6.92 Å². The van der Waals surface area contributed by atoms with Crippen molar-refractivity contribution in [1.82, 2.24) is 10.1 Å². The molecular weight excluding hydrogens is 300 g/mol. The summed E-state index contributed by atoms with van der Waals surface area (Å²) in [4.78, 5) is 2.24. The SMILES string of the molecule is Cc1cc(CN2CC[C@@H](c3ccc4ccccc4c3)[C@H](O)C2)on1. The highest BCUT2D eigenvalue weighted by Gasteiger charge is 2.29. The summed E-state index contributed by atoms with van der Waals surface area (Å²) in [5.74, 6) is 1.06. The Kier molecular flexibility index (Phi) is 4.08. The molecule has 1 aliphatic heterocycles. The molecular formula is C20H22N2O2. The van der Waals surface area contributed by atoms with Gasteiger partial charge in [-0.15, -0.1) is 0 Å². The van der Waals surface area contributed by atoms with Gasteiger partial charge in [-0.1, -0.05) is 47.6 Å². The van der Waals surface area contributed by atoms with E-state index in [0.29, 0.717) is 13.1 Å². The van der Waals surface area contributed by atoms with Gasteiger partial charge >= 0.3 is 0 Å². The summed E-state index contributed by atoms with van der Waals surface area (Å²) < 4.78 is 5.29. The Labute approximate surface area is 141 Å². The first kappa shape index (κ1) is 15.4. The minimum absolute atomic E-state index is 0.197. The Balaban J connectivity index is 1.47. The van der Waals surface area contributed by atoms with Gasteiger partial charge in [-0.3, -0.25) is 4.90 Å². The Hall–Kier alpha value is -2.17. The van der Waals surface area contributed by atoms with Crippen LogP contribution in [0.4, 0.5) is 0 Å². The monoisotopic (exact) mass is 322 g/mol. The number of benzene rings is 2. The van der Waals surface area contributed by atoms with Gasteiger partial charge in [0.25, 0.3) is 0 Å². The average Bonchev–Trinajstić information content (AvgIpc) is 2.99. The van der Waals surface area contributed by atoms with Gasteiger partial charge in [0.15, 0.2) is 5.76 Å². The molecule has 0 amide bonds. The zero-order chi connectivity index (χ0) is 16.5. The minimum Gasteiger partial charge on any atom is -0.391 e. The van der Waals surface area contributed by atoms with E-state index in [-0.39, 0.29) is 12.0 Å². The summed E-state index contributed by atoms with van der Waals surface area (Å²) in [6, 6.07) is 16.9. The van der Waals surface area contributed by atoms with Crippen molar-refractivity contribution < 1.29 is 9.63 Å². The maximum Gasteiger partial charge on any atom is 0.150 e. The first-order valence-corrected chi connectivity index (χ1v) is 8.50. The predicted octanol–water partition coefficient (Wildman–Crippen LogP) is 3.49. The minimum atomic E-state index is -0.357. The van der Waals surface area contributed by atoms with Gasteiger partial charge in [0.05, 0.1) is 18.3 Å². The lowest BCUT2D eigenvalue weighted by molar-refractivity contribution is 0.0438. The summed E-state index contributed by atoms with van der Waals surface area (Å²) >= 11 is 0. The molecule has 4 nitrogen and oxygen atoms in total. The fourth-order valence-corrected chi connectivity index (χ4v) is 3.68. The molecule has 1 N–H and O–H groups in total. The molecule has 0 radical (unpaired) electrons. The molecule has 24 heavy (non-hydrogen) atoms. The summed E-state index contributed by atoms with van der Waals surface area (Å²) in [5.41, 5.74) is 2.13. The highest BCUT2D eigenvalue weighted by Crippen LogP contribution is 2.31. The molecule has 1 fully saturated rings. The summed E-state index contributed by atoms with van der Waals surface area (Å²) in [6.07, 6.45) is 0.594. The molecule has 0 aliphatic carbocycles. The van der Waals surface area contributed by atoms with Gasteiger partial charge in [-0.25, -0.2) is 0 Å². The van der Waals surface area contributed by atoms with Crippen LogP contribution in [0.15, 0.2) is 53.1 Å². The van der Waals surface area contributed by atoms with Gasteiger partial charge < -0.3 is 9.63 Å². The van der Waals surface area contributed by atoms with Crippen molar-refractivity contribution in [1.29, 1.82) is 0 Å². The van der Waals surface area contributed by atoms with E-state index < -0.39 is 0 Å². The molecule has 0 spiro atoms. The smallest absolute Gasteiger partial charge is 0.150 e. The second-order valence-electron chi connectivity index (χ2n) is 6.74. The molecule has 0 bridgehead atoms. The number of fused-ring (bicyclic) bond motifs is 1. The number of piperidine rings is 1. The second-order valence-corrected chi connectivity index (χ2v) is 6.74. The molecule has 3 aromatic rings.